The van der Waals surface area contributed by atoms with Crippen molar-refractivity contribution in [1.82, 2.24) is 0 Å². The second-order valence-corrected chi connectivity index (χ2v) is 2.99. The number of hydrogen-bond donors (Lipinski definition) is 1. The fourth-order valence-corrected chi connectivity index (χ4v) is 1.05. The zero-order valence-corrected chi connectivity index (χ0v) is 7.55. The first-order chi connectivity index (χ1) is 5.31. The predicted molar refractivity (Wildman–Crippen MR) is 49.6 cm³/mol. The highest BCUT2D eigenvalue weighted by molar-refractivity contribution is 4.65. The minimum absolute atomic E-state index is 0.0706. The maximum atomic E-state index is 9.19. The van der Waals surface area contributed by atoms with Crippen LogP contribution in [0.5, 0.6) is 0 Å². The van der Waals surface area contributed by atoms with Gasteiger partial charge in [-0.2, -0.15) is 0 Å². The molecule has 0 bridgehead atoms. The summed E-state index contributed by atoms with van der Waals surface area (Å²) in [7, 11) is 0. The van der Waals surface area contributed by atoms with Crippen molar-refractivity contribution < 1.29 is 5.11 Å². The van der Waals surface area contributed by atoms with E-state index in [0.717, 1.165) is 25.7 Å². The third kappa shape index (κ3) is 7.60. The molecule has 0 saturated carbocycles. The van der Waals surface area contributed by atoms with Gasteiger partial charge >= 0.3 is 0 Å². The van der Waals surface area contributed by atoms with E-state index in [2.05, 4.69) is 6.58 Å². The number of aliphatic hydroxyl groups is 1. The Kier molecular flexibility index (Phi) is 7.59. The summed E-state index contributed by atoms with van der Waals surface area (Å²) in [5.41, 5.74) is 0. The molecule has 0 spiro atoms. The molecule has 0 fully saturated rings. The minimum Gasteiger partial charge on any atom is -0.393 e. The molecule has 1 heteroatoms. The van der Waals surface area contributed by atoms with Crippen LogP contribution in [0.1, 0.15) is 45.4 Å². The Labute approximate surface area is 70.1 Å². The number of hydrogen-bond acceptors (Lipinski definition) is 1. The molecule has 0 saturated heterocycles. The van der Waals surface area contributed by atoms with Crippen molar-refractivity contribution in [3.8, 4) is 0 Å². The maximum Gasteiger partial charge on any atom is 0.0537 e. The van der Waals surface area contributed by atoms with Gasteiger partial charge in [0.2, 0.25) is 0 Å². The second-order valence-electron chi connectivity index (χ2n) is 2.99. The summed E-state index contributed by atoms with van der Waals surface area (Å²) in [6.07, 6.45) is 8.46. The predicted octanol–water partition coefficient (Wildman–Crippen LogP) is 2.89. The molecular weight excluding hydrogens is 136 g/mol. The van der Waals surface area contributed by atoms with Crippen molar-refractivity contribution in [1.29, 1.82) is 0 Å². The largest absolute Gasteiger partial charge is 0.393 e. The van der Waals surface area contributed by atoms with Crippen molar-refractivity contribution in [2.75, 3.05) is 0 Å². The highest BCUT2D eigenvalue weighted by Gasteiger charge is 1.98. The molecule has 1 N–H and O–H groups in total. The van der Waals surface area contributed by atoms with E-state index in [9.17, 15) is 5.11 Å². The molecule has 0 aromatic carbocycles. The van der Waals surface area contributed by atoms with Gasteiger partial charge in [0.05, 0.1) is 6.10 Å². The molecule has 0 aliphatic heterocycles. The fourth-order valence-electron chi connectivity index (χ4n) is 1.05. The molecule has 0 amide bonds. The van der Waals surface area contributed by atoms with Crippen LogP contribution >= 0.6 is 0 Å². The van der Waals surface area contributed by atoms with Gasteiger partial charge in [0.15, 0.2) is 0 Å². The summed E-state index contributed by atoms with van der Waals surface area (Å²) >= 11 is 0. The summed E-state index contributed by atoms with van der Waals surface area (Å²) in [4.78, 5) is 0. The number of unbranched alkanes of at least 4 members (excludes halogenated alkanes) is 3. The summed E-state index contributed by atoms with van der Waals surface area (Å²) < 4.78 is 0. The highest BCUT2D eigenvalue weighted by atomic mass is 16.3. The minimum atomic E-state index is -0.0706. The van der Waals surface area contributed by atoms with Crippen molar-refractivity contribution >= 4 is 0 Å². The first-order valence-electron chi connectivity index (χ1n) is 4.60. The Morgan fingerprint density at radius 2 is 2.09 bits per heavy atom. The van der Waals surface area contributed by atoms with Gasteiger partial charge in [-0.1, -0.05) is 25.8 Å². The summed E-state index contributed by atoms with van der Waals surface area (Å²) in [5.74, 6) is 0. The summed E-state index contributed by atoms with van der Waals surface area (Å²) in [5, 5.41) is 9.19. The number of allylic oxidation sites excluding steroid dienone is 1. The van der Waals surface area contributed by atoms with Crippen LogP contribution in [0.4, 0.5) is 0 Å². The monoisotopic (exact) mass is 156 g/mol. The maximum absolute atomic E-state index is 9.19. The number of aliphatic hydroxyl groups excluding tert-OH is 1. The second kappa shape index (κ2) is 7.80. The molecule has 1 nitrogen and oxygen atoms in total. The van der Waals surface area contributed by atoms with Crippen LogP contribution in [0.3, 0.4) is 0 Å². The zero-order chi connectivity index (χ0) is 8.53. The first kappa shape index (κ1) is 10.7. The lowest BCUT2D eigenvalue weighted by molar-refractivity contribution is 0.156. The van der Waals surface area contributed by atoms with Crippen LogP contribution in [0.15, 0.2) is 12.7 Å². The lowest BCUT2D eigenvalue weighted by atomic mass is 10.1. The van der Waals surface area contributed by atoms with Gasteiger partial charge in [-0.05, 0) is 25.7 Å². The van der Waals surface area contributed by atoms with Gasteiger partial charge < -0.3 is 5.11 Å². The molecule has 0 aromatic rings. The first-order valence-corrected chi connectivity index (χ1v) is 4.60. The lowest BCUT2D eigenvalue weighted by Gasteiger charge is -2.05. The topological polar surface area (TPSA) is 20.2 Å². The Hall–Kier alpha value is -0.300. The lowest BCUT2D eigenvalue weighted by Crippen LogP contribution is -2.03. The van der Waals surface area contributed by atoms with Gasteiger partial charge in [0.1, 0.15) is 0 Å². The fraction of sp³-hybridized carbons (Fsp3) is 0.800. The van der Waals surface area contributed by atoms with Gasteiger partial charge in [-0.3, -0.25) is 0 Å². The highest BCUT2D eigenvalue weighted by Crippen LogP contribution is 2.07. The molecule has 0 radical (unpaired) electrons. The van der Waals surface area contributed by atoms with Gasteiger partial charge in [-0.15, -0.1) is 6.58 Å². The Bertz CT molecular complexity index is 88.9. The van der Waals surface area contributed by atoms with Crippen LogP contribution in [-0.4, -0.2) is 11.2 Å². The van der Waals surface area contributed by atoms with Crippen LogP contribution in [0, 0.1) is 0 Å². The molecule has 0 aromatic heterocycles. The van der Waals surface area contributed by atoms with Crippen LogP contribution < -0.4 is 0 Å². The standard InChI is InChI=1S/C10H20O/c1-3-5-6-7-8-9-10(11)4-2/h3,10-11H,1,4-9H2,2H3. The van der Waals surface area contributed by atoms with Crippen LogP contribution in [-0.2, 0) is 0 Å². The molecular formula is C10H20O. The Morgan fingerprint density at radius 3 is 2.64 bits per heavy atom. The van der Waals surface area contributed by atoms with E-state index in [4.69, 9.17) is 0 Å². The molecule has 0 rings (SSSR count). The molecule has 11 heavy (non-hydrogen) atoms. The summed E-state index contributed by atoms with van der Waals surface area (Å²) in [6, 6.07) is 0. The molecule has 1 unspecified atom stereocenters. The molecule has 0 heterocycles. The molecule has 0 aliphatic rings. The van der Waals surface area contributed by atoms with E-state index >= 15 is 0 Å². The van der Waals surface area contributed by atoms with Crippen molar-refractivity contribution in [2.45, 2.75) is 51.6 Å². The summed E-state index contributed by atoms with van der Waals surface area (Å²) in [6.45, 7) is 5.68. The van der Waals surface area contributed by atoms with Crippen LogP contribution in [0.2, 0.25) is 0 Å². The molecule has 66 valence electrons. The van der Waals surface area contributed by atoms with Crippen molar-refractivity contribution in [2.24, 2.45) is 0 Å². The third-order valence-electron chi connectivity index (χ3n) is 1.92. The van der Waals surface area contributed by atoms with E-state index in [1.54, 1.807) is 0 Å². The van der Waals surface area contributed by atoms with E-state index < -0.39 is 0 Å². The third-order valence-corrected chi connectivity index (χ3v) is 1.92. The van der Waals surface area contributed by atoms with Gasteiger partial charge in [-0.25, -0.2) is 0 Å². The van der Waals surface area contributed by atoms with Crippen LogP contribution in [0.25, 0.3) is 0 Å². The number of rotatable bonds is 7. The van der Waals surface area contributed by atoms with E-state index in [-0.39, 0.29) is 6.10 Å². The Balaban J connectivity index is 2.95. The van der Waals surface area contributed by atoms with E-state index in [1.807, 2.05) is 13.0 Å². The molecule has 1 atom stereocenters. The Morgan fingerprint density at radius 1 is 1.36 bits per heavy atom. The smallest absolute Gasteiger partial charge is 0.0537 e. The van der Waals surface area contributed by atoms with E-state index in [1.165, 1.54) is 12.8 Å². The van der Waals surface area contributed by atoms with E-state index in [0.29, 0.717) is 0 Å². The zero-order valence-electron chi connectivity index (χ0n) is 7.55. The molecule has 0 aliphatic carbocycles. The quantitative estimate of drug-likeness (QED) is 0.444. The normalized spacial score (nSPS) is 12.9. The van der Waals surface area contributed by atoms with Gasteiger partial charge in [0, 0.05) is 0 Å². The average Bonchev–Trinajstić information content (AvgIpc) is 2.04. The van der Waals surface area contributed by atoms with Gasteiger partial charge in [0.25, 0.3) is 0 Å². The average molecular weight is 156 g/mol. The van der Waals surface area contributed by atoms with Crippen molar-refractivity contribution in [3.63, 3.8) is 0 Å². The SMILES string of the molecule is C=CCCCCCC(O)CC. The van der Waals surface area contributed by atoms with Crippen molar-refractivity contribution in [3.05, 3.63) is 12.7 Å².